The summed E-state index contributed by atoms with van der Waals surface area (Å²) in [5, 5.41) is 0. The average Bonchev–Trinajstić information content (AvgIpc) is 2.00. The van der Waals surface area contributed by atoms with E-state index in [1.54, 1.807) is 0 Å². The van der Waals surface area contributed by atoms with Crippen molar-refractivity contribution in [3.05, 3.63) is 0 Å². The van der Waals surface area contributed by atoms with Crippen molar-refractivity contribution in [3.63, 3.8) is 0 Å². The summed E-state index contributed by atoms with van der Waals surface area (Å²) in [6, 6.07) is 0. The van der Waals surface area contributed by atoms with Crippen molar-refractivity contribution in [1.82, 2.24) is 0 Å². The van der Waals surface area contributed by atoms with Crippen LogP contribution in [0.4, 0.5) is 0 Å². The van der Waals surface area contributed by atoms with Crippen LogP contribution in [-0.4, -0.2) is 5.78 Å². The molecule has 0 spiro atoms. The number of rotatable bonds is 0. The fourth-order valence-corrected chi connectivity index (χ4v) is 2.51. The van der Waals surface area contributed by atoms with Crippen molar-refractivity contribution in [2.24, 2.45) is 17.8 Å². The Hall–Kier alpha value is -0.330. The Kier molecular flexibility index (Phi) is 1.33. The Morgan fingerprint density at radius 1 is 1.20 bits per heavy atom. The normalized spacial score (nSPS) is 46.1. The maximum atomic E-state index is 11.4. The van der Waals surface area contributed by atoms with Gasteiger partial charge in [0.05, 0.1) is 0 Å². The largest absolute Gasteiger partial charge is 0.299 e. The van der Waals surface area contributed by atoms with Crippen molar-refractivity contribution in [2.45, 2.75) is 32.6 Å². The number of hydrogen-bond donors (Lipinski definition) is 0. The molecule has 0 radical (unpaired) electrons. The van der Waals surface area contributed by atoms with Crippen molar-refractivity contribution < 1.29 is 4.79 Å². The van der Waals surface area contributed by atoms with E-state index in [0.717, 1.165) is 5.92 Å². The van der Waals surface area contributed by atoms with Crippen LogP contribution in [0, 0.1) is 17.8 Å². The average molecular weight is 138 g/mol. The predicted molar refractivity (Wildman–Crippen MR) is 39.6 cm³/mol. The lowest BCUT2D eigenvalue weighted by Gasteiger charge is -2.39. The highest BCUT2D eigenvalue weighted by molar-refractivity contribution is 5.84. The summed E-state index contributed by atoms with van der Waals surface area (Å²) in [6.45, 7) is 2.11. The molecule has 3 rings (SSSR count). The molecule has 3 fully saturated rings. The molecule has 1 atom stereocenters. The molecule has 1 heteroatoms. The summed E-state index contributed by atoms with van der Waals surface area (Å²) in [6.07, 6.45) is 5.01. The monoisotopic (exact) mass is 138 g/mol. The van der Waals surface area contributed by atoms with Crippen molar-refractivity contribution in [2.75, 3.05) is 0 Å². The minimum absolute atomic E-state index is 0.396. The molecule has 0 aromatic rings. The zero-order chi connectivity index (χ0) is 7.14. The minimum Gasteiger partial charge on any atom is -0.299 e. The van der Waals surface area contributed by atoms with Crippen LogP contribution in [0.3, 0.4) is 0 Å². The Morgan fingerprint density at radius 3 is 2.10 bits per heavy atom. The molecule has 3 saturated carbocycles. The van der Waals surface area contributed by atoms with Crippen LogP contribution in [0.25, 0.3) is 0 Å². The molecular weight excluding hydrogens is 124 g/mol. The highest BCUT2D eigenvalue weighted by Crippen LogP contribution is 2.42. The Labute approximate surface area is 61.8 Å². The summed E-state index contributed by atoms with van der Waals surface area (Å²) in [7, 11) is 0. The Balaban J connectivity index is 2.20. The number of Topliss-reactive ketones (excluding diaryl/α,β-unsaturated/α-hetero) is 1. The van der Waals surface area contributed by atoms with Gasteiger partial charge in [-0.05, 0) is 31.6 Å². The molecule has 0 aliphatic heterocycles. The van der Waals surface area contributed by atoms with Crippen LogP contribution >= 0.6 is 0 Å². The van der Waals surface area contributed by atoms with Crippen LogP contribution in [-0.2, 0) is 4.79 Å². The fraction of sp³-hybridized carbons (Fsp3) is 0.889. The number of ketones is 1. The maximum Gasteiger partial charge on any atom is 0.139 e. The van der Waals surface area contributed by atoms with Gasteiger partial charge in [-0.25, -0.2) is 0 Å². The lowest BCUT2D eigenvalue weighted by atomic mass is 9.64. The molecule has 3 aliphatic rings. The van der Waals surface area contributed by atoms with Gasteiger partial charge in [0.2, 0.25) is 0 Å². The zero-order valence-electron chi connectivity index (χ0n) is 6.47. The third-order valence-corrected chi connectivity index (χ3v) is 3.33. The van der Waals surface area contributed by atoms with Crippen LogP contribution in [0.15, 0.2) is 0 Å². The van der Waals surface area contributed by atoms with E-state index in [1.165, 1.54) is 25.7 Å². The van der Waals surface area contributed by atoms with E-state index in [9.17, 15) is 4.79 Å². The molecule has 10 heavy (non-hydrogen) atoms. The first-order valence-electron chi connectivity index (χ1n) is 4.33. The first-order chi connectivity index (χ1) is 4.79. The van der Waals surface area contributed by atoms with Crippen LogP contribution in [0.1, 0.15) is 32.6 Å². The summed E-state index contributed by atoms with van der Waals surface area (Å²) in [5.41, 5.74) is 0. The lowest BCUT2D eigenvalue weighted by molar-refractivity contribution is -0.134. The third kappa shape index (κ3) is 0.727. The standard InChI is InChI=1S/C9H14O/c1-6-7-2-4-8(5-3-7)9(6)10/h6-8H,2-5H2,1H3/t6-,7?,8?/m0/s1. The molecular formula is C9H14O. The molecule has 0 amide bonds. The first-order valence-corrected chi connectivity index (χ1v) is 4.33. The van der Waals surface area contributed by atoms with Gasteiger partial charge in [-0.1, -0.05) is 6.92 Å². The summed E-state index contributed by atoms with van der Waals surface area (Å²) in [4.78, 5) is 11.4. The van der Waals surface area contributed by atoms with E-state index >= 15 is 0 Å². The number of carbonyl (C=O) groups is 1. The maximum absolute atomic E-state index is 11.4. The van der Waals surface area contributed by atoms with Gasteiger partial charge in [0.1, 0.15) is 5.78 Å². The third-order valence-electron chi connectivity index (χ3n) is 3.33. The molecule has 3 aliphatic carbocycles. The van der Waals surface area contributed by atoms with Gasteiger partial charge in [0.15, 0.2) is 0 Å². The second-order valence-corrected chi connectivity index (χ2v) is 3.80. The number of hydrogen-bond acceptors (Lipinski definition) is 1. The van der Waals surface area contributed by atoms with Gasteiger partial charge in [0.25, 0.3) is 0 Å². The van der Waals surface area contributed by atoms with Crippen molar-refractivity contribution in [3.8, 4) is 0 Å². The van der Waals surface area contributed by atoms with E-state index in [4.69, 9.17) is 0 Å². The number of fused-ring (bicyclic) bond motifs is 3. The van der Waals surface area contributed by atoms with Gasteiger partial charge in [-0.2, -0.15) is 0 Å². The molecule has 2 bridgehead atoms. The van der Waals surface area contributed by atoms with Gasteiger partial charge < -0.3 is 0 Å². The van der Waals surface area contributed by atoms with E-state index in [2.05, 4.69) is 6.92 Å². The smallest absolute Gasteiger partial charge is 0.139 e. The molecule has 1 nitrogen and oxygen atoms in total. The summed E-state index contributed by atoms with van der Waals surface area (Å²) < 4.78 is 0. The quantitative estimate of drug-likeness (QED) is 0.500. The van der Waals surface area contributed by atoms with Gasteiger partial charge >= 0.3 is 0 Å². The van der Waals surface area contributed by atoms with E-state index < -0.39 is 0 Å². The van der Waals surface area contributed by atoms with Crippen LogP contribution < -0.4 is 0 Å². The molecule has 0 N–H and O–H groups in total. The second kappa shape index (κ2) is 2.08. The number of carbonyl (C=O) groups excluding carboxylic acids is 1. The van der Waals surface area contributed by atoms with Gasteiger partial charge in [-0.3, -0.25) is 4.79 Å². The SMILES string of the molecule is C[C@@H]1C(=O)C2CCC1CC2. The highest BCUT2D eigenvalue weighted by atomic mass is 16.1. The topological polar surface area (TPSA) is 17.1 Å². The van der Waals surface area contributed by atoms with Crippen LogP contribution in [0.5, 0.6) is 0 Å². The van der Waals surface area contributed by atoms with Crippen molar-refractivity contribution >= 4 is 5.78 Å². The molecule has 0 unspecified atom stereocenters. The van der Waals surface area contributed by atoms with E-state index in [0.29, 0.717) is 17.6 Å². The van der Waals surface area contributed by atoms with E-state index in [1.807, 2.05) is 0 Å². The van der Waals surface area contributed by atoms with Gasteiger partial charge in [0, 0.05) is 11.8 Å². The zero-order valence-corrected chi connectivity index (χ0v) is 6.47. The van der Waals surface area contributed by atoms with Gasteiger partial charge in [-0.15, -0.1) is 0 Å². The Bertz CT molecular complexity index is 150. The molecule has 56 valence electrons. The molecule has 0 heterocycles. The summed E-state index contributed by atoms with van der Waals surface area (Å²) in [5.74, 6) is 2.16. The first kappa shape index (κ1) is 6.38. The summed E-state index contributed by atoms with van der Waals surface area (Å²) >= 11 is 0. The van der Waals surface area contributed by atoms with E-state index in [-0.39, 0.29) is 0 Å². The second-order valence-electron chi connectivity index (χ2n) is 3.80. The molecule has 0 aromatic carbocycles. The Morgan fingerprint density at radius 2 is 1.80 bits per heavy atom. The minimum atomic E-state index is 0.396. The lowest BCUT2D eigenvalue weighted by Crippen LogP contribution is -2.38. The highest BCUT2D eigenvalue weighted by Gasteiger charge is 2.39. The molecule has 0 saturated heterocycles. The molecule has 0 aromatic heterocycles. The fourth-order valence-electron chi connectivity index (χ4n) is 2.51. The van der Waals surface area contributed by atoms with Crippen LogP contribution in [0.2, 0.25) is 0 Å². The van der Waals surface area contributed by atoms with Crippen molar-refractivity contribution in [1.29, 1.82) is 0 Å². The predicted octanol–water partition coefficient (Wildman–Crippen LogP) is 2.01.